The molecule has 0 bridgehead atoms. The van der Waals surface area contributed by atoms with Crippen LogP contribution < -0.4 is 9.64 Å². The lowest BCUT2D eigenvalue weighted by atomic mass is 10.1. The summed E-state index contributed by atoms with van der Waals surface area (Å²) in [5.41, 5.74) is -1.34. The molecule has 160 valence electrons. The molecule has 0 aliphatic heterocycles. The number of alkyl halides is 3. The number of rotatable bonds is 5. The Morgan fingerprint density at radius 1 is 1.00 bits per heavy atom. The largest absolute Gasteiger partial charge is 0.420 e. The minimum Gasteiger partial charge on any atom is -0.410 e. The van der Waals surface area contributed by atoms with E-state index in [1.165, 1.54) is 36.4 Å². The van der Waals surface area contributed by atoms with E-state index in [0.717, 1.165) is 41.3 Å². The van der Waals surface area contributed by atoms with E-state index in [2.05, 4.69) is 0 Å². The number of anilines is 1. The first-order valence-electron chi connectivity index (χ1n) is 8.79. The van der Waals surface area contributed by atoms with Gasteiger partial charge in [0.1, 0.15) is 11.6 Å². The molecule has 0 aliphatic rings. The van der Waals surface area contributed by atoms with Gasteiger partial charge in [-0.3, -0.25) is 15.0 Å². The van der Waals surface area contributed by atoms with E-state index in [9.17, 15) is 32.5 Å². The van der Waals surface area contributed by atoms with E-state index in [1.54, 1.807) is 0 Å². The zero-order valence-electron chi connectivity index (χ0n) is 15.7. The highest BCUT2D eigenvalue weighted by Gasteiger charge is 2.31. The molecule has 0 fully saturated rings. The number of halogens is 4. The van der Waals surface area contributed by atoms with Crippen LogP contribution in [-0.2, 0) is 12.7 Å². The van der Waals surface area contributed by atoms with Crippen LogP contribution >= 0.6 is 0 Å². The lowest BCUT2D eigenvalue weighted by Gasteiger charge is -2.23. The van der Waals surface area contributed by atoms with Crippen molar-refractivity contribution >= 4 is 17.5 Å². The molecular weight excluding hydrogens is 420 g/mol. The summed E-state index contributed by atoms with van der Waals surface area (Å²) in [4.78, 5) is 23.7. The number of benzene rings is 3. The number of carbonyl (C=O) groups is 1. The van der Waals surface area contributed by atoms with E-state index < -0.39 is 35.1 Å². The molecule has 0 spiro atoms. The molecule has 0 saturated heterocycles. The molecule has 0 aromatic heterocycles. The van der Waals surface area contributed by atoms with Gasteiger partial charge in [0.05, 0.1) is 17.0 Å². The third-order valence-corrected chi connectivity index (χ3v) is 4.24. The van der Waals surface area contributed by atoms with Crippen LogP contribution in [0, 0.1) is 15.9 Å². The molecule has 0 radical (unpaired) electrons. The molecule has 3 rings (SSSR count). The third kappa shape index (κ3) is 5.35. The summed E-state index contributed by atoms with van der Waals surface area (Å²) < 4.78 is 58.7. The van der Waals surface area contributed by atoms with Gasteiger partial charge in [-0.2, -0.15) is 13.2 Å². The number of ether oxygens (including phenoxy) is 1. The second kappa shape index (κ2) is 8.82. The average molecular weight is 434 g/mol. The maximum absolute atomic E-state index is 14.1. The Hall–Kier alpha value is -3.95. The van der Waals surface area contributed by atoms with Gasteiger partial charge in [-0.15, -0.1) is 0 Å². The van der Waals surface area contributed by atoms with E-state index in [-0.39, 0.29) is 22.7 Å². The van der Waals surface area contributed by atoms with Crippen LogP contribution in [0.25, 0.3) is 0 Å². The van der Waals surface area contributed by atoms with Gasteiger partial charge in [0.2, 0.25) is 0 Å². The van der Waals surface area contributed by atoms with Gasteiger partial charge in [-0.1, -0.05) is 24.3 Å². The highest BCUT2D eigenvalue weighted by atomic mass is 19.4. The number of hydrogen-bond donors (Lipinski definition) is 0. The van der Waals surface area contributed by atoms with Gasteiger partial charge >= 0.3 is 12.3 Å². The molecule has 3 aromatic rings. The molecule has 1 amide bonds. The third-order valence-electron chi connectivity index (χ3n) is 4.24. The predicted octanol–water partition coefficient (Wildman–Crippen LogP) is 5.96. The molecule has 6 nitrogen and oxygen atoms in total. The summed E-state index contributed by atoms with van der Waals surface area (Å²) in [5, 5.41) is 10.7. The first kappa shape index (κ1) is 21.8. The summed E-state index contributed by atoms with van der Waals surface area (Å²) >= 11 is 0. The van der Waals surface area contributed by atoms with Crippen molar-refractivity contribution in [3.63, 3.8) is 0 Å². The normalized spacial score (nSPS) is 11.1. The lowest BCUT2D eigenvalue weighted by molar-refractivity contribution is -0.384. The Morgan fingerprint density at radius 3 is 2.29 bits per heavy atom. The number of carbonyl (C=O) groups excluding carboxylic acids is 1. The number of hydrogen-bond acceptors (Lipinski definition) is 4. The summed E-state index contributed by atoms with van der Waals surface area (Å²) in [5.74, 6) is -0.719. The molecule has 0 atom stereocenters. The SMILES string of the molecule is O=C(Oc1ccc([N+](=O)[O-])cc1)N(Cc1ccccc1F)c1cccc(C(F)(F)F)c1. The van der Waals surface area contributed by atoms with Gasteiger partial charge in [0.15, 0.2) is 0 Å². The topological polar surface area (TPSA) is 72.7 Å². The lowest BCUT2D eigenvalue weighted by Crippen LogP contribution is -2.33. The van der Waals surface area contributed by atoms with Crippen molar-refractivity contribution < 1.29 is 32.0 Å². The van der Waals surface area contributed by atoms with Crippen LogP contribution in [0.5, 0.6) is 5.75 Å². The molecule has 0 unspecified atom stereocenters. The summed E-state index contributed by atoms with van der Waals surface area (Å²) in [6.45, 7) is -0.403. The van der Waals surface area contributed by atoms with Crippen LogP contribution in [0.3, 0.4) is 0 Å². The zero-order chi connectivity index (χ0) is 22.6. The molecule has 0 heterocycles. The van der Waals surface area contributed by atoms with Crippen molar-refractivity contribution in [2.75, 3.05) is 4.90 Å². The van der Waals surface area contributed by atoms with Crippen LogP contribution in [-0.4, -0.2) is 11.0 Å². The molecule has 3 aromatic carbocycles. The first-order chi connectivity index (χ1) is 14.6. The number of nitro groups is 1. The number of nitro benzene ring substituents is 1. The van der Waals surface area contributed by atoms with Crippen LogP contribution in [0.1, 0.15) is 11.1 Å². The number of nitrogens with zero attached hydrogens (tertiary/aromatic N) is 2. The van der Waals surface area contributed by atoms with E-state index >= 15 is 0 Å². The van der Waals surface area contributed by atoms with Gasteiger partial charge in [-0.05, 0) is 36.4 Å². The molecule has 31 heavy (non-hydrogen) atoms. The van der Waals surface area contributed by atoms with Crippen molar-refractivity contribution in [1.82, 2.24) is 0 Å². The molecule has 10 heteroatoms. The summed E-state index contributed by atoms with van der Waals surface area (Å²) in [6, 6.07) is 14.0. The summed E-state index contributed by atoms with van der Waals surface area (Å²) in [7, 11) is 0. The van der Waals surface area contributed by atoms with E-state index in [1.807, 2.05) is 0 Å². The monoisotopic (exact) mass is 434 g/mol. The number of non-ortho nitro benzene ring substituents is 1. The van der Waals surface area contributed by atoms with Gasteiger partial charge in [-0.25, -0.2) is 9.18 Å². The second-order valence-electron chi connectivity index (χ2n) is 6.34. The number of amides is 1. The molecule has 0 aliphatic carbocycles. The second-order valence-corrected chi connectivity index (χ2v) is 6.34. The van der Waals surface area contributed by atoms with Crippen molar-refractivity contribution in [1.29, 1.82) is 0 Å². The maximum Gasteiger partial charge on any atom is 0.420 e. The Balaban J connectivity index is 1.94. The summed E-state index contributed by atoms with van der Waals surface area (Å²) in [6.07, 6.45) is -5.74. The fraction of sp³-hybridized carbons (Fsp3) is 0.0952. The molecule has 0 saturated carbocycles. The smallest absolute Gasteiger partial charge is 0.410 e. The standard InChI is InChI=1S/C21H14F4N2O4/c22-19-7-2-1-4-14(19)13-26(17-6-3-5-15(12-17)21(23,24)25)20(28)31-18-10-8-16(9-11-18)27(29)30/h1-12H,13H2. The fourth-order valence-electron chi connectivity index (χ4n) is 2.70. The van der Waals surface area contributed by atoms with Crippen molar-refractivity contribution in [2.24, 2.45) is 0 Å². The van der Waals surface area contributed by atoms with Crippen LogP contribution in [0.15, 0.2) is 72.8 Å². The average Bonchev–Trinajstić information content (AvgIpc) is 2.73. The zero-order valence-corrected chi connectivity index (χ0v) is 15.7. The van der Waals surface area contributed by atoms with Crippen molar-refractivity contribution in [2.45, 2.75) is 12.7 Å². The fourth-order valence-corrected chi connectivity index (χ4v) is 2.70. The van der Waals surface area contributed by atoms with Crippen molar-refractivity contribution in [3.05, 3.63) is 99.9 Å². The predicted molar refractivity (Wildman–Crippen MR) is 103 cm³/mol. The van der Waals surface area contributed by atoms with E-state index in [4.69, 9.17) is 4.74 Å². The molecular formula is C21H14F4N2O4. The highest BCUT2D eigenvalue weighted by Crippen LogP contribution is 2.32. The Labute approximate surface area is 173 Å². The quantitative estimate of drug-likeness (QED) is 0.282. The van der Waals surface area contributed by atoms with Gasteiger partial charge in [0, 0.05) is 23.4 Å². The highest BCUT2D eigenvalue weighted by molar-refractivity contribution is 5.89. The molecule has 0 N–H and O–H groups in total. The van der Waals surface area contributed by atoms with Crippen molar-refractivity contribution in [3.8, 4) is 5.75 Å². The Bertz CT molecular complexity index is 1100. The maximum atomic E-state index is 14.1. The minimum absolute atomic E-state index is 0.0561. The van der Waals surface area contributed by atoms with E-state index in [0.29, 0.717) is 0 Å². The van der Waals surface area contributed by atoms with Gasteiger partial charge < -0.3 is 4.74 Å². The Morgan fingerprint density at radius 2 is 1.68 bits per heavy atom. The first-order valence-corrected chi connectivity index (χ1v) is 8.79. The van der Waals surface area contributed by atoms with Crippen LogP contribution in [0.4, 0.5) is 33.7 Å². The minimum atomic E-state index is -4.65. The Kier molecular flexibility index (Phi) is 6.19. The van der Waals surface area contributed by atoms with Gasteiger partial charge in [0.25, 0.3) is 5.69 Å². The van der Waals surface area contributed by atoms with Crippen LogP contribution in [0.2, 0.25) is 0 Å².